The third-order valence-corrected chi connectivity index (χ3v) is 5.45. The molecule has 0 aromatic heterocycles. The normalized spacial score (nSPS) is 31.5. The molecule has 3 rings (SSSR count). The topological polar surface area (TPSA) is 29.3 Å². The second kappa shape index (κ2) is 5.63. The second-order valence-electron chi connectivity index (χ2n) is 6.39. The molecular formula is C16H22ClFN2. The number of halogens is 2. The van der Waals surface area contributed by atoms with E-state index >= 15 is 0 Å². The highest BCUT2D eigenvalue weighted by Crippen LogP contribution is 2.38. The van der Waals surface area contributed by atoms with Gasteiger partial charge in [-0.2, -0.15) is 0 Å². The van der Waals surface area contributed by atoms with Crippen LogP contribution in [0.15, 0.2) is 18.2 Å². The van der Waals surface area contributed by atoms with Crippen LogP contribution in [0.25, 0.3) is 0 Å². The van der Waals surface area contributed by atoms with Gasteiger partial charge in [-0.25, -0.2) is 4.39 Å². The number of hydrogen-bond donors (Lipinski definition) is 1. The van der Waals surface area contributed by atoms with E-state index in [2.05, 4.69) is 11.9 Å². The van der Waals surface area contributed by atoms with Crippen molar-refractivity contribution in [1.82, 2.24) is 4.90 Å². The average Bonchev–Trinajstić information content (AvgIpc) is 2.64. The maximum atomic E-state index is 13.9. The second-order valence-corrected chi connectivity index (χ2v) is 6.82. The standard InChI is InChI=1S/C16H22ClFN2/c1-20-13-4-5-14(20)7-11(6-13)16(19)8-10-2-3-12(17)9-15(10)18/h2-3,9,11,13-14,16H,4-8,19H2,1H3. The number of hydrogen-bond acceptors (Lipinski definition) is 2. The molecule has 1 aromatic rings. The van der Waals surface area contributed by atoms with Crippen LogP contribution in [0.3, 0.4) is 0 Å². The number of fused-ring (bicyclic) bond motifs is 2. The van der Waals surface area contributed by atoms with Gasteiger partial charge in [-0.05, 0) is 62.8 Å². The molecule has 2 aliphatic heterocycles. The molecule has 4 heteroatoms. The molecule has 0 spiro atoms. The zero-order valence-corrected chi connectivity index (χ0v) is 12.6. The lowest BCUT2D eigenvalue weighted by atomic mass is 9.83. The Labute approximate surface area is 125 Å². The van der Waals surface area contributed by atoms with Crippen molar-refractivity contribution >= 4 is 11.6 Å². The van der Waals surface area contributed by atoms with Crippen LogP contribution in [-0.4, -0.2) is 30.1 Å². The Morgan fingerprint density at radius 2 is 2.00 bits per heavy atom. The van der Waals surface area contributed by atoms with Gasteiger partial charge in [0.1, 0.15) is 5.82 Å². The van der Waals surface area contributed by atoms with Crippen molar-refractivity contribution < 1.29 is 4.39 Å². The number of nitrogens with two attached hydrogens (primary N) is 1. The van der Waals surface area contributed by atoms with E-state index < -0.39 is 0 Å². The summed E-state index contributed by atoms with van der Waals surface area (Å²) in [5, 5.41) is 0.442. The number of benzene rings is 1. The number of nitrogens with zero attached hydrogens (tertiary/aromatic N) is 1. The van der Waals surface area contributed by atoms with Crippen LogP contribution < -0.4 is 5.73 Å². The molecule has 2 saturated heterocycles. The summed E-state index contributed by atoms with van der Waals surface area (Å²) in [5.74, 6) is 0.280. The van der Waals surface area contributed by atoms with Gasteiger partial charge in [-0.1, -0.05) is 17.7 Å². The summed E-state index contributed by atoms with van der Waals surface area (Å²) in [6.45, 7) is 0. The van der Waals surface area contributed by atoms with Crippen LogP contribution in [0, 0.1) is 11.7 Å². The van der Waals surface area contributed by atoms with Crippen LogP contribution in [0.2, 0.25) is 5.02 Å². The molecular weight excluding hydrogens is 275 g/mol. The Balaban J connectivity index is 1.66. The van der Waals surface area contributed by atoms with Gasteiger partial charge in [0, 0.05) is 23.1 Å². The van der Waals surface area contributed by atoms with Gasteiger partial charge >= 0.3 is 0 Å². The zero-order valence-electron chi connectivity index (χ0n) is 11.9. The molecule has 3 unspecified atom stereocenters. The van der Waals surface area contributed by atoms with E-state index in [0.29, 0.717) is 35.0 Å². The molecule has 2 bridgehead atoms. The predicted octanol–water partition coefficient (Wildman–Crippen LogP) is 3.22. The van der Waals surface area contributed by atoms with Gasteiger partial charge in [0.25, 0.3) is 0 Å². The number of piperidine rings is 1. The van der Waals surface area contributed by atoms with Gasteiger partial charge in [0.15, 0.2) is 0 Å². The fraction of sp³-hybridized carbons (Fsp3) is 0.625. The summed E-state index contributed by atoms with van der Waals surface area (Å²) in [4.78, 5) is 2.51. The summed E-state index contributed by atoms with van der Waals surface area (Å²) >= 11 is 5.79. The molecule has 0 amide bonds. The van der Waals surface area contributed by atoms with Crippen LogP contribution in [0.1, 0.15) is 31.2 Å². The Kier molecular flexibility index (Phi) is 4.02. The molecule has 110 valence electrons. The van der Waals surface area contributed by atoms with Crippen LogP contribution in [0.5, 0.6) is 0 Å². The molecule has 0 aliphatic carbocycles. The van der Waals surface area contributed by atoms with E-state index in [1.54, 1.807) is 12.1 Å². The molecule has 2 aliphatic rings. The molecule has 0 saturated carbocycles. The van der Waals surface area contributed by atoms with Crippen LogP contribution >= 0.6 is 11.6 Å². The largest absolute Gasteiger partial charge is 0.327 e. The summed E-state index contributed by atoms with van der Waals surface area (Å²) < 4.78 is 13.9. The van der Waals surface area contributed by atoms with E-state index in [4.69, 9.17) is 17.3 Å². The quantitative estimate of drug-likeness (QED) is 0.928. The van der Waals surface area contributed by atoms with E-state index in [1.807, 2.05) is 0 Å². The molecule has 0 radical (unpaired) electrons. The van der Waals surface area contributed by atoms with Gasteiger partial charge in [0.05, 0.1) is 0 Å². The fourth-order valence-electron chi connectivity index (χ4n) is 3.91. The lowest BCUT2D eigenvalue weighted by molar-refractivity contribution is 0.120. The van der Waals surface area contributed by atoms with Crippen molar-refractivity contribution in [1.29, 1.82) is 0 Å². The average molecular weight is 297 g/mol. The Morgan fingerprint density at radius 3 is 2.60 bits per heavy atom. The third kappa shape index (κ3) is 2.72. The van der Waals surface area contributed by atoms with Crippen molar-refractivity contribution in [2.24, 2.45) is 11.7 Å². The minimum atomic E-state index is -0.233. The monoisotopic (exact) mass is 296 g/mol. The van der Waals surface area contributed by atoms with Gasteiger partial charge in [-0.3, -0.25) is 0 Å². The van der Waals surface area contributed by atoms with Crippen molar-refractivity contribution in [3.8, 4) is 0 Å². The van der Waals surface area contributed by atoms with Crippen molar-refractivity contribution in [3.63, 3.8) is 0 Å². The maximum Gasteiger partial charge on any atom is 0.127 e. The van der Waals surface area contributed by atoms with Crippen molar-refractivity contribution in [2.45, 2.75) is 50.2 Å². The molecule has 20 heavy (non-hydrogen) atoms. The minimum absolute atomic E-state index is 0.0440. The molecule has 1 aromatic carbocycles. The fourth-order valence-corrected chi connectivity index (χ4v) is 4.07. The first-order valence-electron chi connectivity index (χ1n) is 7.46. The van der Waals surface area contributed by atoms with Gasteiger partial charge in [-0.15, -0.1) is 0 Å². The molecule has 2 fully saturated rings. The number of rotatable bonds is 3. The molecule has 2 heterocycles. The maximum absolute atomic E-state index is 13.9. The summed E-state index contributed by atoms with van der Waals surface area (Å²) in [5.41, 5.74) is 7.06. The van der Waals surface area contributed by atoms with Crippen LogP contribution in [-0.2, 0) is 6.42 Å². The Bertz CT molecular complexity index is 479. The highest BCUT2D eigenvalue weighted by Gasteiger charge is 2.40. The highest BCUT2D eigenvalue weighted by atomic mass is 35.5. The van der Waals surface area contributed by atoms with Crippen LogP contribution in [0.4, 0.5) is 4.39 Å². The Hall–Kier alpha value is -0.640. The summed E-state index contributed by atoms with van der Waals surface area (Å²) in [6.07, 6.45) is 5.50. The first-order chi connectivity index (χ1) is 9.54. The zero-order chi connectivity index (χ0) is 14.3. The SMILES string of the molecule is CN1C2CCC1CC(C(N)Cc1ccc(Cl)cc1F)C2. The molecule has 3 atom stereocenters. The van der Waals surface area contributed by atoms with E-state index in [1.165, 1.54) is 18.9 Å². The highest BCUT2D eigenvalue weighted by molar-refractivity contribution is 6.30. The predicted molar refractivity (Wildman–Crippen MR) is 80.4 cm³/mol. The first-order valence-corrected chi connectivity index (χ1v) is 7.84. The lowest BCUT2D eigenvalue weighted by Gasteiger charge is -2.38. The van der Waals surface area contributed by atoms with Gasteiger partial charge < -0.3 is 10.6 Å². The smallest absolute Gasteiger partial charge is 0.127 e. The first kappa shape index (κ1) is 14.3. The van der Waals surface area contributed by atoms with E-state index in [-0.39, 0.29) is 11.9 Å². The van der Waals surface area contributed by atoms with Crippen molar-refractivity contribution in [3.05, 3.63) is 34.6 Å². The van der Waals surface area contributed by atoms with Gasteiger partial charge in [0.2, 0.25) is 0 Å². The minimum Gasteiger partial charge on any atom is -0.327 e. The van der Waals surface area contributed by atoms with E-state index in [0.717, 1.165) is 12.8 Å². The molecule has 2 nitrogen and oxygen atoms in total. The third-order valence-electron chi connectivity index (χ3n) is 5.21. The van der Waals surface area contributed by atoms with E-state index in [9.17, 15) is 4.39 Å². The summed E-state index contributed by atoms with van der Waals surface area (Å²) in [6, 6.07) is 6.29. The molecule has 2 N–H and O–H groups in total. The Morgan fingerprint density at radius 1 is 1.35 bits per heavy atom. The lowest BCUT2D eigenvalue weighted by Crippen LogP contribution is -2.46. The van der Waals surface area contributed by atoms with Crippen molar-refractivity contribution in [2.75, 3.05) is 7.05 Å². The summed E-state index contributed by atoms with van der Waals surface area (Å²) in [7, 11) is 2.23.